The highest BCUT2D eigenvalue weighted by atomic mass is 19.3. The van der Waals surface area contributed by atoms with Gasteiger partial charge in [0.1, 0.15) is 11.9 Å². The molecule has 1 aliphatic rings. The summed E-state index contributed by atoms with van der Waals surface area (Å²) >= 11 is 0. The van der Waals surface area contributed by atoms with Crippen molar-refractivity contribution in [3.63, 3.8) is 0 Å². The molecule has 2 aromatic rings. The Bertz CT molecular complexity index is 1060. The van der Waals surface area contributed by atoms with E-state index in [1.165, 1.54) is 25.1 Å². The van der Waals surface area contributed by atoms with E-state index in [2.05, 4.69) is 10.6 Å². The molecule has 0 spiro atoms. The number of nitrogens with zero attached hydrogens (tertiary/aromatic N) is 1. The van der Waals surface area contributed by atoms with Crippen LogP contribution in [0, 0.1) is 12.7 Å². The van der Waals surface area contributed by atoms with E-state index in [4.69, 9.17) is 4.74 Å². The molecule has 0 aliphatic carbocycles. The van der Waals surface area contributed by atoms with Crippen LogP contribution in [0.3, 0.4) is 0 Å². The Morgan fingerprint density at radius 1 is 1.16 bits per heavy atom. The number of halogens is 3. The fraction of sp³-hybridized carbons (Fsp3) is 0.286. The quantitative estimate of drug-likeness (QED) is 0.727. The summed E-state index contributed by atoms with van der Waals surface area (Å²) in [5.74, 6) is -2.18. The number of alkyl halides is 2. The Morgan fingerprint density at radius 3 is 2.58 bits per heavy atom. The topological polar surface area (TPSA) is 87.7 Å². The Kier molecular flexibility index (Phi) is 6.47. The molecule has 2 aromatic carbocycles. The van der Waals surface area contributed by atoms with Crippen LogP contribution in [0.5, 0.6) is 0 Å². The Hall–Kier alpha value is -3.56. The first kappa shape index (κ1) is 22.1. The standard InChI is InChI=1S/C21H20F3N3O4/c1-11-4-3-5-17(28)16(8-11)26-15-7-6-13(9-14(15)22)27-10-18(31-21(27)30)12(2)25-20(29)19(23)24/h3-9,12,18-19H,10H2,1-2H3,(H,25,29)(H,26,28). The van der Waals surface area contributed by atoms with E-state index in [0.29, 0.717) is 0 Å². The maximum Gasteiger partial charge on any atom is 0.414 e. The largest absolute Gasteiger partial charge is 0.442 e. The van der Waals surface area contributed by atoms with Crippen LogP contribution >= 0.6 is 0 Å². The average Bonchev–Trinajstić information content (AvgIpc) is 3.02. The zero-order valence-corrected chi connectivity index (χ0v) is 16.7. The predicted molar refractivity (Wildman–Crippen MR) is 108 cm³/mol. The summed E-state index contributed by atoms with van der Waals surface area (Å²) < 4.78 is 44.6. The first-order valence-electron chi connectivity index (χ1n) is 9.40. The Balaban J connectivity index is 1.75. The number of hydrogen-bond donors (Lipinski definition) is 2. The molecule has 2 unspecified atom stereocenters. The van der Waals surface area contributed by atoms with Gasteiger partial charge < -0.3 is 15.4 Å². The SMILES string of the molecule is Cc1cccc(=O)c(Nc2ccc(N3CC(C(C)NC(=O)C(F)F)OC3=O)cc2F)c1. The maximum atomic E-state index is 14.7. The highest BCUT2D eigenvalue weighted by Gasteiger charge is 2.37. The van der Waals surface area contributed by atoms with E-state index in [0.717, 1.165) is 16.5 Å². The van der Waals surface area contributed by atoms with Gasteiger partial charge in [0, 0.05) is 0 Å². The van der Waals surface area contributed by atoms with Crippen LogP contribution in [0.15, 0.2) is 47.3 Å². The second-order valence-electron chi connectivity index (χ2n) is 7.11. The van der Waals surface area contributed by atoms with Gasteiger partial charge in [0.25, 0.3) is 5.91 Å². The van der Waals surface area contributed by atoms with Crippen molar-refractivity contribution in [3.8, 4) is 0 Å². The number of rotatable bonds is 6. The van der Waals surface area contributed by atoms with Crippen LogP contribution in [-0.4, -0.2) is 37.1 Å². The van der Waals surface area contributed by atoms with Crippen molar-refractivity contribution in [2.45, 2.75) is 32.4 Å². The lowest BCUT2D eigenvalue weighted by Crippen LogP contribution is -2.45. The number of cyclic esters (lactones) is 1. The van der Waals surface area contributed by atoms with E-state index in [1.807, 2.05) is 0 Å². The molecule has 31 heavy (non-hydrogen) atoms. The van der Waals surface area contributed by atoms with Gasteiger partial charge in [-0.05, 0) is 49.7 Å². The molecular weight excluding hydrogens is 415 g/mol. The van der Waals surface area contributed by atoms with Gasteiger partial charge in [-0.1, -0.05) is 12.1 Å². The van der Waals surface area contributed by atoms with Crippen LogP contribution in [0.4, 0.5) is 35.0 Å². The molecule has 3 rings (SSSR count). The van der Waals surface area contributed by atoms with Gasteiger partial charge in [-0.15, -0.1) is 0 Å². The zero-order chi connectivity index (χ0) is 22.7. The van der Waals surface area contributed by atoms with Gasteiger partial charge in [-0.25, -0.2) is 9.18 Å². The highest BCUT2D eigenvalue weighted by molar-refractivity contribution is 5.90. The van der Waals surface area contributed by atoms with Crippen molar-refractivity contribution in [1.29, 1.82) is 0 Å². The zero-order valence-electron chi connectivity index (χ0n) is 16.7. The summed E-state index contributed by atoms with van der Waals surface area (Å²) in [5.41, 5.74) is 0.898. The minimum Gasteiger partial charge on any atom is -0.442 e. The second kappa shape index (κ2) is 9.07. The molecule has 164 valence electrons. The molecule has 0 aromatic heterocycles. The van der Waals surface area contributed by atoms with Gasteiger partial charge in [-0.2, -0.15) is 8.78 Å². The molecule has 10 heteroatoms. The highest BCUT2D eigenvalue weighted by Crippen LogP contribution is 2.28. The molecule has 2 N–H and O–H groups in total. The third-order valence-corrected chi connectivity index (χ3v) is 4.74. The van der Waals surface area contributed by atoms with E-state index in [9.17, 15) is 27.6 Å². The molecule has 0 bridgehead atoms. The van der Waals surface area contributed by atoms with Crippen molar-refractivity contribution in [3.05, 3.63) is 64.1 Å². The number of amides is 2. The summed E-state index contributed by atoms with van der Waals surface area (Å²) in [6, 6.07) is 9.35. The lowest BCUT2D eigenvalue weighted by molar-refractivity contribution is -0.133. The Morgan fingerprint density at radius 2 is 1.90 bits per heavy atom. The number of ether oxygens (including phenoxy) is 1. The molecule has 1 heterocycles. The van der Waals surface area contributed by atoms with E-state index in [-0.39, 0.29) is 29.0 Å². The first-order chi connectivity index (χ1) is 14.7. The van der Waals surface area contributed by atoms with Gasteiger partial charge in [0.15, 0.2) is 0 Å². The molecule has 1 aliphatic heterocycles. The third kappa shape index (κ3) is 5.14. The van der Waals surface area contributed by atoms with Crippen molar-refractivity contribution >= 4 is 29.1 Å². The summed E-state index contributed by atoms with van der Waals surface area (Å²) in [6.45, 7) is 3.16. The van der Waals surface area contributed by atoms with Gasteiger partial charge >= 0.3 is 12.5 Å². The Labute approximate surface area is 175 Å². The van der Waals surface area contributed by atoms with Crippen molar-refractivity contribution in [1.82, 2.24) is 5.32 Å². The summed E-state index contributed by atoms with van der Waals surface area (Å²) in [7, 11) is 0. The molecule has 2 amide bonds. The van der Waals surface area contributed by atoms with E-state index < -0.39 is 36.4 Å². The van der Waals surface area contributed by atoms with Crippen molar-refractivity contribution in [2.75, 3.05) is 16.8 Å². The normalized spacial score (nSPS) is 16.8. The predicted octanol–water partition coefficient (Wildman–Crippen LogP) is 3.33. The fourth-order valence-electron chi connectivity index (χ4n) is 3.08. The van der Waals surface area contributed by atoms with Crippen LogP contribution in [0.1, 0.15) is 12.5 Å². The van der Waals surface area contributed by atoms with Crippen LogP contribution in [0.25, 0.3) is 0 Å². The van der Waals surface area contributed by atoms with Gasteiger partial charge in [0.05, 0.1) is 29.6 Å². The molecular formula is C21H20F3N3O4. The molecule has 0 radical (unpaired) electrons. The van der Waals surface area contributed by atoms with Gasteiger partial charge in [0.2, 0.25) is 5.43 Å². The lowest BCUT2D eigenvalue weighted by Gasteiger charge is -2.19. The number of aryl methyl sites for hydroxylation is 1. The summed E-state index contributed by atoms with van der Waals surface area (Å²) in [4.78, 5) is 36.5. The number of carbonyl (C=O) groups excluding carboxylic acids is 2. The fourth-order valence-corrected chi connectivity index (χ4v) is 3.08. The third-order valence-electron chi connectivity index (χ3n) is 4.74. The van der Waals surface area contributed by atoms with E-state index in [1.54, 1.807) is 25.1 Å². The monoisotopic (exact) mass is 435 g/mol. The van der Waals surface area contributed by atoms with Crippen LogP contribution in [0.2, 0.25) is 0 Å². The van der Waals surface area contributed by atoms with Crippen LogP contribution < -0.4 is 21.0 Å². The van der Waals surface area contributed by atoms with Crippen molar-refractivity contribution in [2.24, 2.45) is 0 Å². The maximum absolute atomic E-state index is 14.7. The average molecular weight is 435 g/mol. The number of anilines is 3. The first-order valence-corrected chi connectivity index (χ1v) is 9.40. The second-order valence-corrected chi connectivity index (χ2v) is 7.11. The number of hydrogen-bond acceptors (Lipinski definition) is 5. The lowest BCUT2D eigenvalue weighted by atomic mass is 10.1. The summed E-state index contributed by atoms with van der Waals surface area (Å²) in [5, 5.41) is 4.82. The molecule has 2 atom stereocenters. The molecule has 1 saturated heterocycles. The minimum atomic E-state index is -3.19. The molecule has 1 fully saturated rings. The molecule has 7 nitrogen and oxygen atoms in total. The number of nitrogens with one attached hydrogen (secondary N) is 2. The van der Waals surface area contributed by atoms with Crippen LogP contribution in [-0.2, 0) is 9.53 Å². The van der Waals surface area contributed by atoms with Gasteiger partial charge in [-0.3, -0.25) is 14.5 Å². The van der Waals surface area contributed by atoms with E-state index >= 15 is 0 Å². The number of benzene rings is 1. The molecule has 0 saturated carbocycles. The van der Waals surface area contributed by atoms with Crippen molar-refractivity contribution < 1.29 is 27.5 Å². The summed E-state index contributed by atoms with van der Waals surface area (Å²) in [6.07, 6.45) is -4.86. The minimum absolute atomic E-state index is 0.0353. The number of carbonyl (C=O) groups is 2. The smallest absolute Gasteiger partial charge is 0.414 e.